The van der Waals surface area contributed by atoms with Crippen molar-refractivity contribution in [2.24, 2.45) is 0 Å². The third-order valence-electron chi connectivity index (χ3n) is 8.18. The summed E-state index contributed by atoms with van der Waals surface area (Å²) in [5, 5.41) is 14.7. The Balaban J connectivity index is 1.82. The fraction of sp³-hybridized carbons (Fsp3) is 0.297. The monoisotopic (exact) mass is 686 g/mol. The Morgan fingerprint density at radius 1 is 0.918 bits per heavy atom. The predicted molar refractivity (Wildman–Crippen MR) is 189 cm³/mol. The summed E-state index contributed by atoms with van der Waals surface area (Å²) in [6.07, 6.45) is 1.80. The molecule has 1 atom stereocenters. The van der Waals surface area contributed by atoms with Gasteiger partial charge in [-0.25, -0.2) is 8.42 Å². The Morgan fingerprint density at radius 2 is 1.59 bits per heavy atom. The molecule has 1 N–H and O–H groups in total. The van der Waals surface area contributed by atoms with Crippen molar-refractivity contribution in [3.63, 3.8) is 0 Å². The molecule has 0 saturated heterocycles. The molecule has 0 radical (unpaired) electrons. The van der Waals surface area contributed by atoms with E-state index in [-0.39, 0.29) is 40.7 Å². The number of carbonyl (C=O) groups is 2. The minimum atomic E-state index is -4.54. The summed E-state index contributed by atoms with van der Waals surface area (Å²) < 4.78 is 34.8. The predicted octanol–water partition coefficient (Wildman–Crippen LogP) is 5.97. The standard InChI is InChI=1S/C37H42N4O7S/c1-5-6-22-38-37(43)35(23-29-10-8-7-9-11-29)39(25-30-15-12-27(2)13-16-30)36(42)26-40(31-17-19-32(48-4)20-18-31)49(46,47)33-21-14-28(3)34(24-33)41(44)45/h7-21,24,35H,5-6,22-23,25-26H2,1-4H3,(H,38,43)/t35-/m0/s1. The maximum absolute atomic E-state index is 14.6. The van der Waals surface area contributed by atoms with Crippen LogP contribution in [0, 0.1) is 24.0 Å². The first kappa shape index (κ1) is 36.6. The van der Waals surface area contributed by atoms with Crippen LogP contribution in [0.25, 0.3) is 0 Å². The highest BCUT2D eigenvalue weighted by Gasteiger charge is 2.35. The van der Waals surface area contributed by atoms with E-state index in [0.29, 0.717) is 12.3 Å². The Bertz CT molecular complexity index is 1850. The molecule has 4 rings (SSSR count). The molecule has 2 amide bonds. The number of ether oxygens (including phenoxy) is 1. The maximum Gasteiger partial charge on any atom is 0.273 e. The van der Waals surface area contributed by atoms with Crippen LogP contribution in [0.15, 0.2) is 102 Å². The minimum Gasteiger partial charge on any atom is -0.497 e. The van der Waals surface area contributed by atoms with Crippen molar-refractivity contribution in [1.29, 1.82) is 0 Å². The van der Waals surface area contributed by atoms with Crippen molar-refractivity contribution in [2.45, 2.75) is 57.5 Å². The van der Waals surface area contributed by atoms with Crippen LogP contribution in [-0.2, 0) is 32.6 Å². The quantitative estimate of drug-likeness (QED) is 0.0870. The lowest BCUT2D eigenvalue weighted by Crippen LogP contribution is -2.53. The molecule has 0 aromatic heterocycles. The van der Waals surface area contributed by atoms with E-state index in [2.05, 4.69) is 5.32 Å². The lowest BCUT2D eigenvalue weighted by atomic mass is 10.0. The van der Waals surface area contributed by atoms with Gasteiger partial charge in [0, 0.05) is 31.1 Å². The maximum atomic E-state index is 14.6. The Morgan fingerprint density at radius 3 is 2.20 bits per heavy atom. The zero-order valence-electron chi connectivity index (χ0n) is 28.2. The molecule has 0 aliphatic rings. The molecule has 0 aliphatic carbocycles. The van der Waals surface area contributed by atoms with Crippen molar-refractivity contribution in [3.8, 4) is 5.75 Å². The topological polar surface area (TPSA) is 139 Å². The smallest absolute Gasteiger partial charge is 0.273 e. The zero-order valence-corrected chi connectivity index (χ0v) is 29.0. The van der Waals surface area contributed by atoms with E-state index >= 15 is 0 Å². The highest BCUT2D eigenvalue weighted by Crippen LogP contribution is 2.30. The molecule has 11 nitrogen and oxygen atoms in total. The molecule has 0 heterocycles. The number of unbranched alkanes of at least 4 members (excludes halogenated alkanes) is 1. The average Bonchev–Trinajstić information content (AvgIpc) is 3.10. The highest BCUT2D eigenvalue weighted by atomic mass is 32.2. The number of anilines is 1. The van der Waals surface area contributed by atoms with Crippen molar-refractivity contribution in [2.75, 3.05) is 24.5 Å². The second-order valence-corrected chi connectivity index (χ2v) is 13.6. The van der Waals surface area contributed by atoms with E-state index in [4.69, 9.17) is 4.74 Å². The molecule has 258 valence electrons. The number of benzene rings is 4. The van der Waals surface area contributed by atoms with Crippen molar-refractivity contribution in [3.05, 3.63) is 129 Å². The molecule has 0 spiro atoms. The van der Waals surface area contributed by atoms with Crippen LogP contribution < -0.4 is 14.4 Å². The number of hydrogen-bond acceptors (Lipinski definition) is 7. The van der Waals surface area contributed by atoms with Gasteiger partial charge >= 0.3 is 0 Å². The van der Waals surface area contributed by atoms with E-state index < -0.39 is 33.4 Å². The van der Waals surface area contributed by atoms with Gasteiger partial charge in [0.15, 0.2) is 0 Å². The second kappa shape index (κ2) is 16.7. The first-order valence-electron chi connectivity index (χ1n) is 16.0. The number of aryl methyl sites for hydroxylation is 2. The SMILES string of the molecule is CCCCNC(=O)[C@H](Cc1ccccc1)N(Cc1ccc(C)cc1)C(=O)CN(c1ccc(OC)cc1)S(=O)(=O)c1ccc(C)c([N+](=O)[O-])c1. The summed E-state index contributed by atoms with van der Waals surface area (Å²) in [6, 6.07) is 25.6. The van der Waals surface area contributed by atoms with Crippen LogP contribution in [0.1, 0.15) is 42.0 Å². The first-order valence-corrected chi connectivity index (χ1v) is 17.5. The fourth-order valence-corrected chi connectivity index (χ4v) is 6.74. The van der Waals surface area contributed by atoms with Crippen LogP contribution in [0.3, 0.4) is 0 Å². The molecule has 4 aromatic carbocycles. The van der Waals surface area contributed by atoms with E-state index in [9.17, 15) is 28.1 Å². The van der Waals surface area contributed by atoms with Crippen LogP contribution in [-0.4, -0.2) is 56.3 Å². The summed E-state index contributed by atoms with van der Waals surface area (Å²) in [7, 11) is -3.06. The third kappa shape index (κ3) is 9.44. The first-order chi connectivity index (χ1) is 23.4. The molecule has 4 aromatic rings. The van der Waals surface area contributed by atoms with Crippen LogP contribution >= 0.6 is 0 Å². The minimum absolute atomic E-state index is 0.0321. The number of rotatable bonds is 16. The number of nitrogens with zero attached hydrogens (tertiary/aromatic N) is 3. The van der Waals surface area contributed by atoms with Crippen molar-refractivity contribution in [1.82, 2.24) is 10.2 Å². The summed E-state index contributed by atoms with van der Waals surface area (Å²) in [4.78, 5) is 40.6. The molecule has 0 bridgehead atoms. The Kier molecular flexibility index (Phi) is 12.5. The summed E-state index contributed by atoms with van der Waals surface area (Å²) in [5.74, 6) is -0.523. The molecule has 49 heavy (non-hydrogen) atoms. The Labute approximate surface area is 287 Å². The summed E-state index contributed by atoms with van der Waals surface area (Å²) in [6.45, 7) is 5.24. The molecule has 12 heteroatoms. The van der Waals surface area contributed by atoms with Gasteiger partial charge in [-0.1, -0.05) is 79.6 Å². The molecule has 0 aliphatic heterocycles. The van der Waals surface area contributed by atoms with Gasteiger partial charge in [0.05, 0.1) is 22.6 Å². The lowest BCUT2D eigenvalue weighted by molar-refractivity contribution is -0.385. The van der Waals surface area contributed by atoms with Gasteiger partial charge in [-0.2, -0.15) is 0 Å². The van der Waals surface area contributed by atoms with Gasteiger partial charge in [-0.3, -0.25) is 24.0 Å². The number of sulfonamides is 1. The van der Waals surface area contributed by atoms with Gasteiger partial charge in [0.1, 0.15) is 18.3 Å². The van der Waals surface area contributed by atoms with Crippen LogP contribution in [0.4, 0.5) is 11.4 Å². The number of hydrogen-bond donors (Lipinski definition) is 1. The fourth-order valence-electron chi connectivity index (χ4n) is 5.30. The number of nitro benzene ring substituents is 1. The van der Waals surface area contributed by atoms with Gasteiger partial charge in [0.2, 0.25) is 11.8 Å². The van der Waals surface area contributed by atoms with Crippen molar-refractivity contribution >= 4 is 33.2 Å². The van der Waals surface area contributed by atoms with E-state index in [1.54, 1.807) is 12.1 Å². The van der Waals surface area contributed by atoms with Crippen LogP contribution in [0.5, 0.6) is 5.75 Å². The number of nitro groups is 1. The Hall–Kier alpha value is -5.23. The van der Waals surface area contributed by atoms with E-state index in [1.807, 2.05) is 68.4 Å². The van der Waals surface area contributed by atoms with E-state index in [0.717, 1.165) is 39.9 Å². The third-order valence-corrected chi connectivity index (χ3v) is 9.95. The van der Waals surface area contributed by atoms with Crippen LogP contribution in [0.2, 0.25) is 0 Å². The van der Waals surface area contributed by atoms with Gasteiger partial charge in [-0.05, 0) is 61.7 Å². The van der Waals surface area contributed by atoms with Gasteiger partial charge in [0.25, 0.3) is 15.7 Å². The molecular weight excluding hydrogens is 644 g/mol. The molecule has 0 unspecified atom stereocenters. The summed E-state index contributed by atoms with van der Waals surface area (Å²) >= 11 is 0. The number of nitrogens with one attached hydrogen (secondary N) is 1. The highest BCUT2D eigenvalue weighted by molar-refractivity contribution is 7.92. The van der Waals surface area contributed by atoms with E-state index in [1.165, 1.54) is 43.2 Å². The molecule has 0 saturated carbocycles. The zero-order chi connectivity index (χ0) is 35.6. The van der Waals surface area contributed by atoms with Crippen molar-refractivity contribution < 1.29 is 27.7 Å². The molecule has 0 fully saturated rings. The largest absolute Gasteiger partial charge is 0.497 e. The summed E-state index contributed by atoms with van der Waals surface area (Å²) in [5.41, 5.74) is 2.66. The number of methoxy groups -OCH3 is 1. The average molecular weight is 687 g/mol. The second-order valence-electron chi connectivity index (χ2n) is 11.8. The van der Waals surface area contributed by atoms with Gasteiger partial charge in [-0.15, -0.1) is 0 Å². The van der Waals surface area contributed by atoms with Gasteiger partial charge < -0.3 is 15.0 Å². The number of amides is 2. The lowest BCUT2D eigenvalue weighted by Gasteiger charge is -2.34. The normalized spacial score (nSPS) is 11.8. The number of carbonyl (C=O) groups excluding carboxylic acids is 2. The molecular formula is C37H42N4O7S.